The molecule has 3 heteroatoms. The number of aryl methyl sites for hydroxylation is 2. The van der Waals surface area contributed by atoms with Crippen molar-refractivity contribution >= 4 is 22.9 Å². The Morgan fingerprint density at radius 3 is 2.78 bits per heavy atom. The van der Waals surface area contributed by atoms with E-state index in [0.717, 1.165) is 17.9 Å². The largest absolute Gasteiger partial charge is 0.313 e. The quantitative estimate of drug-likeness (QED) is 0.843. The first-order valence-electron chi connectivity index (χ1n) is 6.15. The lowest BCUT2D eigenvalue weighted by atomic mass is 9.99. The SMILES string of the molecule is CNC(CCc1ccsc1)c1ccc(C)cc1Cl. The summed E-state index contributed by atoms with van der Waals surface area (Å²) < 4.78 is 0. The van der Waals surface area contributed by atoms with E-state index in [2.05, 4.69) is 41.2 Å². The first-order chi connectivity index (χ1) is 8.70. The molecule has 2 aromatic rings. The van der Waals surface area contributed by atoms with Crippen LogP contribution in [0.15, 0.2) is 35.0 Å². The number of benzene rings is 1. The number of hydrogen-bond acceptors (Lipinski definition) is 2. The fraction of sp³-hybridized carbons (Fsp3) is 0.333. The van der Waals surface area contributed by atoms with Crippen LogP contribution in [0.2, 0.25) is 5.02 Å². The van der Waals surface area contributed by atoms with E-state index < -0.39 is 0 Å². The molecule has 0 radical (unpaired) electrons. The molecule has 1 nitrogen and oxygen atoms in total. The van der Waals surface area contributed by atoms with Gasteiger partial charge in [0.1, 0.15) is 0 Å². The summed E-state index contributed by atoms with van der Waals surface area (Å²) in [5.74, 6) is 0. The number of nitrogens with one attached hydrogen (secondary N) is 1. The molecule has 1 unspecified atom stereocenters. The summed E-state index contributed by atoms with van der Waals surface area (Å²) in [5.41, 5.74) is 3.81. The molecular weight excluding hydrogens is 262 g/mol. The molecule has 2 rings (SSSR count). The molecule has 0 saturated carbocycles. The maximum atomic E-state index is 6.33. The summed E-state index contributed by atoms with van der Waals surface area (Å²) in [7, 11) is 1.99. The van der Waals surface area contributed by atoms with Gasteiger partial charge in [0.2, 0.25) is 0 Å². The lowest BCUT2D eigenvalue weighted by molar-refractivity contribution is 0.550. The van der Waals surface area contributed by atoms with Crippen LogP contribution in [0.4, 0.5) is 0 Å². The molecule has 0 aliphatic rings. The van der Waals surface area contributed by atoms with Crippen LogP contribution in [0, 0.1) is 6.92 Å². The number of rotatable bonds is 5. The first-order valence-corrected chi connectivity index (χ1v) is 7.47. The fourth-order valence-electron chi connectivity index (χ4n) is 2.12. The van der Waals surface area contributed by atoms with E-state index in [1.807, 2.05) is 13.1 Å². The van der Waals surface area contributed by atoms with Gasteiger partial charge in [0, 0.05) is 11.1 Å². The Morgan fingerprint density at radius 1 is 1.33 bits per heavy atom. The van der Waals surface area contributed by atoms with Crippen LogP contribution in [0.5, 0.6) is 0 Å². The summed E-state index contributed by atoms with van der Waals surface area (Å²) in [5, 5.41) is 8.56. The third kappa shape index (κ3) is 3.35. The van der Waals surface area contributed by atoms with Crippen LogP contribution in [0.25, 0.3) is 0 Å². The Kier molecular flexibility index (Phi) is 4.81. The monoisotopic (exact) mass is 279 g/mol. The second-order valence-corrected chi connectivity index (χ2v) is 5.72. The van der Waals surface area contributed by atoms with E-state index in [4.69, 9.17) is 11.6 Å². The Balaban J connectivity index is 2.08. The van der Waals surface area contributed by atoms with Gasteiger partial charge in [-0.15, -0.1) is 0 Å². The van der Waals surface area contributed by atoms with Gasteiger partial charge in [-0.2, -0.15) is 11.3 Å². The van der Waals surface area contributed by atoms with Crippen molar-refractivity contribution in [2.75, 3.05) is 7.05 Å². The van der Waals surface area contributed by atoms with E-state index in [0.29, 0.717) is 6.04 Å². The fourth-order valence-corrected chi connectivity index (χ4v) is 3.19. The summed E-state index contributed by atoms with van der Waals surface area (Å²) in [6.45, 7) is 2.06. The molecule has 0 bridgehead atoms. The molecule has 1 heterocycles. The van der Waals surface area contributed by atoms with Crippen LogP contribution in [0.1, 0.15) is 29.2 Å². The van der Waals surface area contributed by atoms with Crippen LogP contribution in [-0.4, -0.2) is 7.05 Å². The summed E-state index contributed by atoms with van der Waals surface area (Å²) >= 11 is 8.08. The maximum Gasteiger partial charge on any atom is 0.0456 e. The van der Waals surface area contributed by atoms with Crippen LogP contribution >= 0.6 is 22.9 Å². The van der Waals surface area contributed by atoms with E-state index in [-0.39, 0.29) is 0 Å². The Labute approximate surface area is 118 Å². The molecule has 0 saturated heterocycles. The standard InChI is InChI=1S/C15H18ClNS/c1-11-3-5-13(14(16)9-11)15(17-2)6-4-12-7-8-18-10-12/h3,5,7-10,15,17H,4,6H2,1-2H3. The molecule has 18 heavy (non-hydrogen) atoms. The third-order valence-electron chi connectivity index (χ3n) is 3.18. The molecule has 1 aromatic carbocycles. The average Bonchev–Trinajstić information content (AvgIpc) is 2.85. The smallest absolute Gasteiger partial charge is 0.0456 e. The van der Waals surface area contributed by atoms with Crippen molar-refractivity contribution in [2.24, 2.45) is 0 Å². The number of hydrogen-bond donors (Lipinski definition) is 1. The molecule has 1 atom stereocenters. The van der Waals surface area contributed by atoms with Crippen molar-refractivity contribution in [3.63, 3.8) is 0 Å². The van der Waals surface area contributed by atoms with Crippen LogP contribution in [-0.2, 0) is 6.42 Å². The van der Waals surface area contributed by atoms with Crippen molar-refractivity contribution in [1.82, 2.24) is 5.32 Å². The summed E-state index contributed by atoms with van der Waals surface area (Å²) in [4.78, 5) is 0. The normalized spacial score (nSPS) is 12.6. The zero-order valence-corrected chi connectivity index (χ0v) is 12.3. The minimum Gasteiger partial charge on any atom is -0.313 e. The lowest BCUT2D eigenvalue weighted by Crippen LogP contribution is -2.17. The predicted octanol–water partition coefficient (Wildman–Crippen LogP) is 4.60. The minimum atomic E-state index is 0.318. The van der Waals surface area contributed by atoms with Crippen molar-refractivity contribution in [3.05, 3.63) is 56.7 Å². The highest BCUT2D eigenvalue weighted by atomic mass is 35.5. The Morgan fingerprint density at radius 2 is 2.17 bits per heavy atom. The van der Waals surface area contributed by atoms with Crippen molar-refractivity contribution in [3.8, 4) is 0 Å². The highest BCUT2D eigenvalue weighted by Gasteiger charge is 2.12. The summed E-state index contributed by atoms with van der Waals surface area (Å²) in [6, 6.07) is 8.79. The van der Waals surface area contributed by atoms with Gasteiger partial charge in [0.15, 0.2) is 0 Å². The number of halogens is 1. The van der Waals surface area contributed by atoms with Gasteiger partial charge in [0.25, 0.3) is 0 Å². The molecule has 0 spiro atoms. The topological polar surface area (TPSA) is 12.0 Å². The van der Waals surface area contributed by atoms with Gasteiger partial charge >= 0.3 is 0 Å². The van der Waals surface area contributed by atoms with E-state index >= 15 is 0 Å². The van der Waals surface area contributed by atoms with Gasteiger partial charge in [-0.05, 0) is 66.4 Å². The molecule has 0 aliphatic heterocycles. The van der Waals surface area contributed by atoms with Crippen molar-refractivity contribution < 1.29 is 0 Å². The highest BCUT2D eigenvalue weighted by Crippen LogP contribution is 2.27. The van der Waals surface area contributed by atoms with Gasteiger partial charge in [-0.3, -0.25) is 0 Å². The highest BCUT2D eigenvalue weighted by molar-refractivity contribution is 7.07. The Bertz CT molecular complexity index is 493. The van der Waals surface area contributed by atoms with Crippen molar-refractivity contribution in [1.29, 1.82) is 0 Å². The van der Waals surface area contributed by atoms with Crippen LogP contribution < -0.4 is 5.32 Å². The second-order valence-electron chi connectivity index (χ2n) is 4.54. The first kappa shape index (κ1) is 13.6. The van der Waals surface area contributed by atoms with Gasteiger partial charge in [-0.1, -0.05) is 23.7 Å². The average molecular weight is 280 g/mol. The molecule has 1 aromatic heterocycles. The van der Waals surface area contributed by atoms with Gasteiger partial charge < -0.3 is 5.32 Å². The number of thiophene rings is 1. The van der Waals surface area contributed by atoms with E-state index in [1.165, 1.54) is 16.7 Å². The lowest BCUT2D eigenvalue weighted by Gasteiger charge is -2.18. The van der Waals surface area contributed by atoms with Gasteiger partial charge in [0.05, 0.1) is 0 Å². The Hall–Kier alpha value is -0.830. The zero-order valence-electron chi connectivity index (χ0n) is 10.7. The molecule has 0 aliphatic carbocycles. The predicted molar refractivity (Wildman–Crippen MR) is 80.6 cm³/mol. The molecule has 0 amide bonds. The zero-order chi connectivity index (χ0) is 13.0. The second kappa shape index (κ2) is 6.37. The minimum absolute atomic E-state index is 0.318. The molecule has 1 N–H and O–H groups in total. The van der Waals surface area contributed by atoms with E-state index in [9.17, 15) is 0 Å². The molecule has 96 valence electrons. The van der Waals surface area contributed by atoms with E-state index in [1.54, 1.807) is 11.3 Å². The molecular formula is C15H18ClNS. The van der Waals surface area contributed by atoms with Crippen LogP contribution in [0.3, 0.4) is 0 Å². The third-order valence-corrected chi connectivity index (χ3v) is 4.24. The molecule has 0 fully saturated rings. The van der Waals surface area contributed by atoms with Gasteiger partial charge in [-0.25, -0.2) is 0 Å². The summed E-state index contributed by atoms with van der Waals surface area (Å²) in [6.07, 6.45) is 2.15. The maximum absolute atomic E-state index is 6.33. The van der Waals surface area contributed by atoms with Crippen molar-refractivity contribution in [2.45, 2.75) is 25.8 Å².